The molecule has 1 aromatic rings. The smallest absolute Gasteiger partial charge is 0.330 e. The Kier molecular flexibility index (Phi) is 3.01. The predicted molar refractivity (Wildman–Crippen MR) is 61.9 cm³/mol. The van der Waals surface area contributed by atoms with E-state index in [-0.39, 0.29) is 11.8 Å². The average molecular weight is 240 g/mol. The molecule has 2 rings (SSSR count). The highest BCUT2D eigenvalue weighted by Crippen LogP contribution is 2.31. The van der Waals surface area contributed by atoms with Crippen molar-refractivity contribution < 1.29 is 10.0 Å². The quantitative estimate of drug-likeness (QED) is 0.613. The monoisotopic (exact) mass is 240 g/mol. The third kappa shape index (κ3) is 2.38. The highest BCUT2D eigenvalue weighted by molar-refractivity contribution is 5.56. The van der Waals surface area contributed by atoms with Gasteiger partial charge < -0.3 is 10.0 Å². The maximum atomic E-state index is 10.8. The Morgan fingerprint density at radius 3 is 2.88 bits per heavy atom. The first-order valence-corrected chi connectivity index (χ1v) is 5.54. The summed E-state index contributed by atoms with van der Waals surface area (Å²) in [7, 11) is 3.46. The van der Waals surface area contributed by atoms with E-state index in [2.05, 4.69) is 5.10 Å². The lowest BCUT2D eigenvalue weighted by molar-refractivity contribution is -0.384. The average Bonchev–Trinajstić information content (AvgIpc) is 2.58. The number of aliphatic hydroxyl groups excluding tert-OH is 1. The molecule has 94 valence electrons. The summed E-state index contributed by atoms with van der Waals surface area (Å²) in [4.78, 5) is 12.2. The molecule has 0 radical (unpaired) electrons. The van der Waals surface area contributed by atoms with E-state index in [0.29, 0.717) is 18.3 Å². The van der Waals surface area contributed by atoms with Gasteiger partial charge in [0, 0.05) is 20.6 Å². The molecular weight excluding hydrogens is 224 g/mol. The van der Waals surface area contributed by atoms with Crippen LogP contribution in [0.4, 0.5) is 11.5 Å². The topological polar surface area (TPSA) is 84.4 Å². The summed E-state index contributed by atoms with van der Waals surface area (Å²) in [6.07, 6.45) is 2.74. The summed E-state index contributed by atoms with van der Waals surface area (Å²) in [5.41, 5.74) is 0.0230. The Morgan fingerprint density at radius 2 is 2.35 bits per heavy atom. The summed E-state index contributed by atoms with van der Waals surface area (Å²) >= 11 is 0. The zero-order chi connectivity index (χ0) is 12.6. The van der Waals surface area contributed by atoms with Crippen molar-refractivity contribution in [2.75, 3.05) is 18.5 Å². The summed E-state index contributed by atoms with van der Waals surface area (Å²) in [6, 6.07) is 0. The summed E-state index contributed by atoms with van der Waals surface area (Å²) in [5.74, 6) is 0.788. The zero-order valence-corrected chi connectivity index (χ0v) is 9.91. The van der Waals surface area contributed by atoms with Gasteiger partial charge in [0.25, 0.3) is 0 Å². The minimum absolute atomic E-state index is 0.0230. The second-order valence-corrected chi connectivity index (χ2v) is 4.64. The fourth-order valence-electron chi connectivity index (χ4n) is 2.19. The number of aryl methyl sites for hydroxylation is 1. The van der Waals surface area contributed by atoms with Crippen molar-refractivity contribution in [1.82, 2.24) is 9.78 Å². The Labute approximate surface area is 98.8 Å². The largest absolute Gasteiger partial charge is 0.393 e. The van der Waals surface area contributed by atoms with Gasteiger partial charge in [-0.3, -0.25) is 14.8 Å². The van der Waals surface area contributed by atoms with Crippen molar-refractivity contribution in [2.24, 2.45) is 13.0 Å². The molecule has 0 amide bonds. The molecule has 0 saturated heterocycles. The maximum Gasteiger partial charge on any atom is 0.330 e. The van der Waals surface area contributed by atoms with Crippen LogP contribution in [-0.4, -0.2) is 39.5 Å². The Balaban J connectivity index is 2.07. The van der Waals surface area contributed by atoms with Crippen molar-refractivity contribution in [3.05, 3.63) is 16.3 Å². The summed E-state index contributed by atoms with van der Waals surface area (Å²) < 4.78 is 1.44. The highest BCUT2D eigenvalue weighted by Gasteiger charge is 2.30. The van der Waals surface area contributed by atoms with E-state index < -0.39 is 4.92 Å². The Morgan fingerprint density at radius 1 is 1.71 bits per heavy atom. The molecule has 1 fully saturated rings. The summed E-state index contributed by atoms with van der Waals surface area (Å²) in [6.45, 7) is 0.689. The molecule has 7 nitrogen and oxygen atoms in total. The van der Waals surface area contributed by atoms with Crippen LogP contribution in [0, 0.1) is 16.0 Å². The number of nitrogens with zero attached hydrogens (tertiary/aromatic N) is 4. The number of aliphatic hydroxyl groups is 1. The molecule has 0 aliphatic heterocycles. The third-order valence-electron chi connectivity index (χ3n) is 3.09. The lowest BCUT2D eigenvalue weighted by atomic mass is 9.82. The Hall–Kier alpha value is -1.63. The molecule has 0 unspecified atom stereocenters. The molecule has 0 spiro atoms. The second kappa shape index (κ2) is 4.33. The van der Waals surface area contributed by atoms with Gasteiger partial charge in [-0.25, -0.2) is 0 Å². The molecule has 1 aromatic heterocycles. The van der Waals surface area contributed by atoms with Gasteiger partial charge in [0.2, 0.25) is 5.82 Å². The fraction of sp³-hybridized carbons (Fsp3) is 0.700. The van der Waals surface area contributed by atoms with Crippen molar-refractivity contribution >= 4 is 11.5 Å². The number of hydrogen-bond donors (Lipinski definition) is 1. The van der Waals surface area contributed by atoms with Crippen LogP contribution in [-0.2, 0) is 7.05 Å². The molecule has 1 N–H and O–H groups in total. The molecule has 0 atom stereocenters. The zero-order valence-electron chi connectivity index (χ0n) is 9.91. The fourth-order valence-corrected chi connectivity index (χ4v) is 2.19. The first-order valence-electron chi connectivity index (χ1n) is 5.54. The van der Waals surface area contributed by atoms with Crippen LogP contribution in [0.3, 0.4) is 0 Å². The van der Waals surface area contributed by atoms with Gasteiger partial charge in [0.15, 0.2) is 0 Å². The number of rotatable bonds is 4. The molecule has 7 heteroatoms. The van der Waals surface area contributed by atoms with Crippen LogP contribution in [0.25, 0.3) is 0 Å². The van der Waals surface area contributed by atoms with Gasteiger partial charge in [-0.2, -0.15) is 0 Å². The van der Waals surface area contributed by atoms with Gasteiger partial charge in [-0.15, -0.1) is 5.10 Å². The van der Waals surface area contributed by atoms with Gasteiger partial charge in [-0.05, 0) is 18.8 Å². The molecule has 1 aliphatic carbocycles. The van der Waals surface area contributed by atoms with E-state index in [1.165, 1.54) is 10.9 Å². The SMILES string of the molecule is CN(CC1CC(O)C1)c1nn(C)cc1[N+](=O)[O-]. The first-order chi connectivity index (χ1) is 7.97. The molecule has 1 aliphatic rings. The van der Waals surface area contributed by atoms with Crippen LogP contribution in [0.2, 0.25) is 0 Å². The minimum Gasteiger partial charge on any atom is -0.393 e. The Bertz CT molecular complexity index is 425. The predicted octanol–water partition coefficient (Wildman–Crippen LogP) is 0.535. The molecule has 17 heavy (non-hydrogen) atoms. The van der Waals surface area contributed by atoms with E-state index >= 15 is 0 Å². The number of hydrogen-bond acceptors (Lipinski definition) is 5. The van der Waals surface area contributed by atoms with Crippen molar-refractivity contribution in [1.29, 1.82) is 0 Å². The van der Waals surface area contributed by atoms with Gasteiger partial charge >= 0.3 is 5.69 Å². The third-order valence-corrected chi connectivity index (χ3v) is 3.09. The lowest BCUT2D eigenvalue weighted by Crippen LogP contribution is -2.37. The first kappa shape index (κ1) is 11.8. The van der Waals surface area contributed by atoms with Crippen LogP contribution >= 0.6 is 0 Å². The van der Waals surface area contributed by atoms with Crippen LogP contribution < -0.4 is 4.90 Å². The molecular formula is C10H16N4O3. The maximum absolute atomic E-state index is 10.8. The standard InChI is InChI=1S/C10H16N4O3/c1-12(5-7-3-8(15)4-7)10-9(14(16)17)6-13(2)11-10/h6-8,15H,3-5H2,1-2H3. The van der Waals surface area contributed by atoms with E-state index in [1.54, 1.807) is 19.0 Å². The number of aromatic nitrogens is 2. The second-order valence-electron chi connectivity index (χ2n) is 4.64. The van der Waals surface area contributed by atoms with Crippen LogP contribution in [0.5, 0.6) is 0 Å². The van der Waals surface area contributed by atoms with Crippen molar-refractivity contribution in [2.45, 2.75) is 18.9 Å². The molecule has 1 saturated carbocycles. The van der Waals surface area contributed by atoms with E-state index in [1.807, 2.05) is 0 Å². The number of anilines is 1. The van der Waals surface area contributed by atoms with Gasteiger partial charge in [-0.1, -0.05) is 0 Å². The molecule has 0 aromatic carbocycles. The highest BCUT2D eigenvalue weighted by atomic mass is 16.6. The van der Waals surface area contributed by atoms with E-state index in [9.17, 15) is 15.2 Å². The lowest BCUT2D eigenvalue weighted by Gasteiger charge is -2.34. The normalized spacial score (nSPS) is 23.2. The summed E-state index contributed by atoms with van der Waals surface area (Å²) in [5, 5.41) is 24.1. The van der Waals surface area contributed by atoms with Crippen LogP contribution in [0.15, 0.2) is 6.20 Å². The van der Waals surface area contributed by atoms with E-state index in [4.69, 9.17) is 0 Å². The number of nitro groups is 1. The van der Waals surface area contributed by atoms with Gasteiger partial charge in [0.05, 0.1) is 11.0 Å². The van der Waals surface area contributed by atoms with Crippen molar-refractivity contribution in [3.63, 3.8) is 0 Å². The minimum atomic E-state index is -0.422. The van der Waals surface area contributed by atoms with Crippen molar-refractivity contribution in [3.8, 4) is 0 Å². The van der Waals surface area contributed by atoms with Crippen LogP contribution in [0.1, 0.15) is 12.8 Å². The van der Waals surface area contributed by atoms with Gasteiger partial charge in [0.1, 0.15) is 6.20 Å². The molecule has 0 bridgehead atoms. The molecule has 1 heterocycles. The van der Waals surface area contributed by atoms with E-state index in [0.717, 1.165) is 12.8 Å².